The zero-order valence-electron chi connectivity index (χ0n) is 12.6. The van der Waals surface area contributed by atoms with Gasteiger partial charge in [0.2, 0.25) is 0 Å². The van der Waals surface area contributed by atoms with Gasteiger partial charge in [-0.3, -0.25) is 4.79 Å². The fourth-order valence-corrected chi connectivity index (χ4v) is 2.77. The third-order valence-corrected chi connectivity index (χ3v) is 3.91. The van der Waals surface area contributed by atoms with Crippen molar-refractivity contribution in [2.45, 2.75) is 33.1 Å². The largest absolute Gasteiger partial charge is 0.346 e. The predicted octanol–water partition coefficient (Wildman–Crippen LogP) is 1.75. The molecule has 0 radical (unpaired) electrons. The van der Waals surface area contributed by atoms with Gasteiger partial charge in [-0.15, -0.1) is 0 Å². The van der Waals surface area contributed by atoms with Crippen molar-refractivity contribution < 1.29 is 4.79 Å². The zero-order valence-corrected chi connectivity index (χ0v) is 12.6. The van der Waals surface area contributed by atoms with Crippen molar-refractivity contribution in [1.82, 2.24) is 24.8 Å². The number of hydrogen-bond acceptors (Lipinski definition) is 4. The molecule has 1 aliphatic heterocycles. The van der Waals surface area contributed by atoms with E-state index in [2.05, 4.69) is 19.9 Å². The van der Waals surface area contributed by atoms with Crippen molar-refractivity contribution in [3.05, 3.63) is 41.0 Å². The predicted molar refractivity (Wildman–Crippen MR) is 78.1 cm³/mol. The number of nitrogens with zero attached hydrogens (tertiary/aromatic N) is 4. The zero-order chi connectivity index (χ0) is 15.0. The molecule has 6 nitrogen and oxygen atoms in total. The second-order valence-corrected chi connectivity index (χ2v) is 5.60. The van der Waals surface area contributed by atoms with E-state index >= 15 is 0 Å². The van der Waals surface area contributed by atoms with Gasteiger partial charge in [0.15, 0.2) is 0 Å². The number of carbonyl (C=O) groups is 1. The molecule has 110 valence electrons. The molecule has 1 amide bonds. The maximum Gasteiger partial charge on any atom is 0.257 e. The molecule has 0 spiro atoms. The summed E-state index contributed by atoms with van der Waals surface area (Å²) in [7, 11) is 0. The van der Waals surface area contributed by atoms with Gasteiger partial charge in [-0.05, 0) is 27.2 Å². The van der Waals surface area contributed by atoms with Crippen LogP contribution in [-0.2, 0) is 0 Å². The molecule has 3 rings (SSSR count). The van der Waals surface area contributed by atoms with E-state index in [1.807, 2.05) is 31.9 Å². The van der Waals surface area contributed by atoms with Gasteiger partial charge in [0.1, 0.15) is 11.6 Å². The Morgan fingerprint density at radius 3 is 2.76 bits per heavy atom. The average molecular weight is 285 g/mol. The fourth-order valence-electron chi connectivity index (χ4n) is 2.77. The Kier molecular flexibility index (Phi) is 3.45. The summed E-state index contributed by atoms with van der Waals surface area (Å²) < 4.78 is 0. The normalized spacial score (nSPS) is 18.2. The smallest absolute Gasteiger partial charge is 0.257 e. The molecule has 6 heteroatoms. The van der Waals surface area contributed by atoms with Crippen LogP contribution in [0.3, 0.4) is 0 Å². The number of amides is 1. The van der Waals surface area contributed by atoms with Gasteiger partial charge in [-0.1, -0.05) is 0 Å². The molecule has 0 unspecified atom stereocenters. The molecule has 2 aromatic rings. The first kappa shape index (κ1) is 13.7. The maximum atomic E-state index is 12.6. The first-order valence-electron chi connectivity index (χ1n) is 7.15. The molecule has 21 heavy (non-hydrogen) atoms. The monoisotopic (exact) mass is 285 g/mol. The Bertz CT molecular complexity index is 678. The van der Waals surface area contributed by atoms with Crippen molar-refractivity contribution in [2.75, 3.05) is 13.1 Å². The summed E-state index contributed by atoms with van der Waals surface area (Å²) >= 11 is 0. The summed E-state index contributed by atoms with van der Waals surface area (Å²) in [5, 5.41) is 0. The number of hydrogen-bond donors (Lipinski definition) is 1. The highest BCUT2D eigenvalue weighted by molar-refractivity contribution is 5.95. The molecule has 1 N–H and O–H groups in total. The van der Waals surface area contributed by atoms with E-state index in [1.165, 1.54) is 0 Å². The van der Waals surface area contributed by atoms with E-state index in [9.17, 15) is 4.79 Å². The van der Waals surface area contributed by atoms with Crippen LogP contribution in [0.4, 0.5) is 0 Å². The molecule has 0 aliphatic carbocycles. The van der Waals surface area contributed by atoms with E-state index in [0.717, 1.165) is 30.2 Å². The van der Waals surface area contributed by atoms with Crippen LogP contribution in [-0.4, -0.2) is 43.8 Å². The summed E-state index contributed by atoms with van der Waals surface area (Å²) in [6, 6.07) is 0. The van der Waals surface area contributed by atoms with Crippen LogP contribution in [0.2, 0.25) is 0 Å². The first-order chi connectivity index (χ1) is 10.0. The van der Waals surface area contributed by atoms with Crippen LogP contribution in [0, 0.1) is 20.8 Å². The molecular weight excluding hydrogens is 266 g/mol. The van der Waals surface area contributed by atoms with Gasteiger partial charge in [-0.2, -0.15) is 0 Å². The lowest BCUT2D eigenvalue weighted by Gasteiger charge is -2.17. The fraction of sp³-hybridized carbons (Fsp3) is 0.467. The number of rotatable bonds is 2. The van der Waals surface area contributed by atoms with E-state index in [4.69, 9.17) is 0 Å². The van der Waals surface area contributed by atoms with E-state index in [-0.39, 0.29) is 11.8 Å². The van der Waals surface area contributed by atoms with Crippen molar-refractivity contribution >= 4 is 5.91 Å². The SMILES string of the molecule is Cc1ncc(C(=O)N2CC[C@@H](c3ncc(C)[nH]3)C2)c(C)n1. The van der Waals surface area contributed by atoms with Gasteiger partial charge in [0, 0.05) is 37.1 Å². The number of nitrogens with one attached hydrogen (secondary N) is 1. The standard InChI is InChI=1S/C15H19N5O/c1-9-6-17-14(18-9)12-4-5-20(8-12)15(21)13-7-16-11(3)19-10(13)2/h6-7,12H,4-5,8H2,1-3H3,(H,17,18)/t12-/m1/s1. The minimum absolute atomic E-state index is 0.0123. The Balaban J connectivity index is 1.75. The Labute approximate surface area is 123 Å². The van der Waals surface area contributed by atoms with E-state index in [0.29, 0.717) is 17.9 Å². The minimum atomic E-state index is 0.0123. The molecule has 1 aliphatic rings. The third kappa shape index (κ3) is 2.66. The van der Waals surface area contributed by atoms with Crippen LogP contribution < -0.4 is 0 Å². The number of aryl methyl sites for hydroxylation is 3. The van der Waals surface area contributed by atoms with E-state index in [1.54, 1.807) is 6.20 Å². The third-order valence-electron chi connectivity index (χ3n) is 3.91. The minimum Gasteiger partial charge on any atom is -0.346 e. The highest BCUT2D eigenvalue weighted by atomic mass is 16.2. The lowest BCUT2D eigenvalue weighted by atomic mass is 10.1. The van der Waals surface area contributed by atoms with Crippen LogP contribution in [0.5, 0.6) is 0 Å². The Morgan fingerprint density at radius 1 is 1.29 bits per heavy atom. The highest BCUT2D eigenvalue weighted by Crippen LogP contribution is 2.26. The van der Waals surface area contributed by atoms with Gasteiger partial charge in [0.05, 0.1) is 11.3 Å². The summed E-state index contributed by atoms with van der Waals surface area (Å²) in [4.78, 5) is 30.5. The number of imidazole rings is 1. The lowest BCUT2D eigenvalue weighted by molar-refractivity contribution is 0.0789. The maximum absolute atomic E-state index is 12.6. The second-order valence-electron chi connectivity index (χ2n) is 5.60. The second kappa shape index (κ2) is 5.27. The van der Waals surface area contributed by atoms with Gasteiger partial charge in [0.25, 0.3) is 5.91 Å². The summed E-state index contributed by atoms with van der Waals surface area (Å²) in [6.45, 7) is 7.11. The first-order valence-corrected chi connectivity index (χ1v) is 7.15. The molecule has 0 saturated carbocycles. The van der Waals surface area contributed by atoms with Crippen LogP contribution in [0.1, 0.15) is 45.7 Å². The number of H-pyrrole nitrogens is 1. The molecule has 3 heterocycles. The molecule has 1 saturated heterocycles. The quantitative estimate of drug-likeness (QED) is 0.912. The lowest BCUT2D eigenvalue weighted by Crippen LogP contribution is -2.29. The van der Waals surface area contributed by atoms with Crippen molar-refractivity contribution in [3.63, 3.8) is 0 Å². The summed E-state index contributed by atoms with van der Waals surface area (Å²) in [6.07, 6.45) is 4.40. The van der Waals surface area contributed by atoms with Crippen molar-refractivity contribution in [1.29, 1.82) is 0 Å². The molecule has 0 aromatic carbocycles. The summed E-state index contributed by atoms with van der Waals surface area (Å²) in [5.41, 5.74) is 2.39. The number of aromatic nitrogens is 4. The van der Waals surface area contributed by atoms with Crippen molar-refractivity contribution in [3.8, 4) is 0 Å². The van der Waals surface area contributed by atoms with Crippen molar-refractivity contribution in [2.24, 2.45) is 0 Å². The molecule has 1 atom stereocenters. The van der Waals surface area contributed by atoms with Gasteiger partial charge in [-0.25, -0.2) is 15.0 Å². The van der Waals surface area contributed by atoms with Gasteiger partial charge < -0.3 is 9.88 Å². The number of likely N-dealkylation sites (tertiary alicyclic amines) is 1. The Hall–Kier alpha value is -2.24. The molecule has 0 bridgehead atoms. The van der Waals surface area contributed by atoms with Gasteiger partial charge >= 0.3 is 0 Å². The van der Waals surface area contributed by atoms with Crippen LogP contribution in [0.15, 0.2) is 12.4 Å². The number of carbonyl (C=O) groups excluding carboxylic acids is 1. The average Bonchev–Trinajstić information content (AvgIpc) is 3.06. The highest BCUT2D eigenvalue weighted by Gasteiger charge is 2.30. The summed E-state index contributed by atoms with van der Waals surface area (Å²) in [5.74, 6) is 1.96. The van der Waals surface area contributed by atoms with E-state index < -0.39 is 0 Å². The topological polar surface area (TPSA) is 74.8 Å². The Morgan fingerprint density at radius 2 is 2.10 bits per heavy atom. The van der Waals surface area contributed by atoms with Crippen LogP contribution >= 0.6 is 0 Å². The number of aromatic amines is 1. The van der Waals surface area contributed by atoms with Crippen LogP contribution in [0.25, 0.3) is 0 Å². The molecular formula is C15H19N5O. The molecule has 2 aromatic heterocycles. The molecule has 1 fully saturated rings.